The number of benzene rings is 1. The van der Waals surface area contributed by atoms with Crippen LogP contribution in [0.15, 0.2) is 30.3 Å². The van der Waals surface area contributed by atoms with Gasteiger partial charge in [-0.3, -0.25) is 24.5 Å². The van der Waals surface area contributed by atoms with E-state index >= 15 is 0 Å². The summed E-state index contributed by atoms with van der Waals surface area (Å²) in [6.07, 6.45) is -0.998. The lowest BCUT2D eigenvalue weighted by Crippen LogP contribution is -2.72. The van der Waals surface area contributed by atoms with Crippen LogP contribution in [0.1, 0.15) is 24.8 Å². The van der Waals surface area contributed by atoms with E-state index in [9.17, 15) is 29.2 Å². The summed E-state index contributed by atoms with van der Waals surface area (Å²) in [5, 5.41) is 31.8. The molecule has 33 heavy (non-hydrogen) atoms. The van der Waals surface area contributed by atoms with Crippen molar-refractivity contribution in [3.8, 4) is 0 Å². The Morgan fingerprint density at radius 1 is 1.30 bits per heavy atom. The van der Waals surface area contributed by atoms with Crippen LogP contribution in [-0.4, -0.2) is 76.8 Å². The summed E-state index contributed by atoms with van der Waals surface area (Å²) >= 11 is 0. The minimum atomic E-state index is -1.26. The first-order valence-corrected chi connectivity index (χ1v) is 10.6. The second-order valence-corrected chi connectivity index (χ2v) is 8.17. The standard InChI is InChI=1S/C21H27N5O7/c27-12-16(9-20(30)31)23-21(32)15-10-22-13-25-19(29)7-6-17(26(25,33)11-15)24-18(28)8-14-4-2-1-3-5-14/h1-5,12,15-17,22H,6-11,13H2,(H,23,32)(H,24,28)(H,30,31)/t15?,16-,17?,26?/m0/s1. The summed E-state index contributed by atoms with van der Waals surface area (Å²) in [7, 11) is 0. The Bertz CT molecular complexity index is 912. The molecule has 3 amide bonds. The van der Waals surface area contributed by atoms with Crippen molar-refractivity contribution >= 4 is 30.0 Å². The van der Waals surface area contributed by atoms with Crippen LogP contribution < -0.4 is 16.0 Å². The lowest BCUT2D eigenvalue weighted by molar-refractivity contribution is -1.01. The van der Waals surface area contributed by atoms with Crippen LogP contribution >= 0.6 is 0 Å². The van der Waals surface area contributed by atoms with Gasteiger partial charge in [0.1, 0.15) is 25.4 Å². The highest BCUT2D eigenvalue weighted by molar-refractivity contribution is 5.84. The van der Waals surface area contributed by atoms with Crippen molar-refractivity contribution in [3.63, 3.8) is 0 Å². The van der Waals surface area contributed by atoms with Crippen molar-refractivity contribution < 1.29 is 33.8 Å². The van der Waals surface area contributed by atoms with Gasteiger partial charge in [-0.05, 0) is 5.56 Å². The quantitative estimate of drug-likeness (QED) is 0.214. The molecule has 0 aliphatic carbocycles. The maximum absolute atomic E-state index is 13.9. The number of hydroxylamine groups is 2. The van der Waals surface area contributed by atoms with Crippen LogP contribution in [0.2, 0.25) is 0 Å². The predicted octanol–water partition coefficient (Wildman–Crippen LogP) is -1.14. The summed E-state index contributed by atoms with van der Waals surface area (Å²) in [5.74, 6) is -3.67. The molecule has 178 valence electrons. The van der Waals surface area contributed by atoms with E-state index in [2.05, 4.69) is 16.0 Å². The van der Waals surface area contributed by atoms with E-state index in [0.29, 0.717) is 6.29 Å². The number of aldehydes is 1. The number of fused-ring (bicyclic) bond motifs is 1. The molecular formula is C21H27N5O7. The van der Waals surface area contributed by atoms with Gasteiger partial charge in [0.2, 0.25) is 11.8 Å². The monoisotopic (exact) mass is 461 g/mol. The van der Waals surface area contributed by atoms with Gasteiger partial charge in [-0.1, -0.05) is 30.3 Å². The average Bonchev–Trinajstić information content (AvgIpc) is 2.96. The zero-order valence-corrected chi connectivity index (χ0v) is 17.9. The third-order valence-corrected chi connectivity index (χ3v) is 5.74. The molecule has 2 aliphatic heterocycles. The normalized spacial score (nSPS) is 25.8. The van der Waals surface area contributed by atoms with Crippen molar-refractivity contribution in [2.24, 2.45) is 5.92 Å². The zero-order valence-electron chi connectivity index (χ0n) is 17.9. The van der Waals surface area contributed by atoms with E-state index in [-0.39, 0.29) is 44.9 Å². The number of hydrogen-bond acceptors (Lipinski definition) is 7. The molecule has 0 spiro atoms. The summed E-state index contributed by atoms with van der Waals surface area (Å²) in [5.41, 5.74) is 0.768. The molecule has 2 aliphatic rings. The number of quaternary nitrogens is 1. The van der Waals surface area contributed by atoms with E-state index in [0.717, 1.165) is 10.6 Å². The van der Waals surface area contributed by atoms with Crippen molar-refractivity contribution in [1.29, 1.82) is 0 Å². The Morgan fingerprint density at radius 2 is 2.03 bits per heavy atom. The Balaban J connectivity index is 1.75. The number of carboxylic acid groups (broad SMARTS) is 1. The fourth-order valence-electron chi connectivity index (χ4n) is 4.10. The number of carboxylic acids is 1. The second kappa shape index (κ2) is 10.5. The number of nitrogens with zero attached hydrogens (tertiary/aromatic N) is 2. The molecule has 1 aromatic rings. The molecule has 12 nitrogen and oxygen atoms in total. The summed E-state index contributed by atoms with van der Waals surface area (Å²) in [6, 6.07) is 7.75. The minimum absolute atomic E-state index is 0.0428. The van der Waals surface area contributed by atoms with Crippen molar-refractivity contribution in [1.82, 2.24) is 21.0 Å². The van der Waals surface area contributed by atoms with Crippen LogP contribution in [0.25, 0.3) is 0 Å². The van der Waals surface area contributed by atoms with Gasteiger partial charge in [-0.2, -0.15) is 5.01 Å². The van der Waals surface area contributed by atoms with Gasteiger partial charge in [-0.15, -0.1) is 0 Å². The first kappa shape index (κ1) is 24.3. The van der Waals surface area contributed by atoms with E-state index < -0.39 is 47.1 Å². The molecule has 0 bridgehead atoms. The Kier molecular flexibility index (Phi) is 7.74. The molecule has 4 atom stereocenters. The third kappa shape index (κ3) is 5.92. The number of aliphatic carboxylic acids is 1. The molecule has 2 fully saturated rings. The summed E-state index contributed by atoms with van der Waals surface area (Å²) in [4.78, 5) is 59.8. The maximum atomic E-state index is 13.9. The molecule has 0 aromatic heterocycles. The smallest absolute Gasteiger partial charge is 0.305 e. The van der Waals surface area contributed by atoms with Gasteiger partial charge in [0.15, 0.2) is 6.17 Å². The van der Waals surface area contributed by atoms with Crippen molar-refractivity contribution in [2.45, 2.75) is 37.9 Å². The van der Waals surface area contributed by atoms with Crippen LogP contribution in [0, 0.1) is 11.1 Å². The third-order valence-electron chi connectivity index (χ3n) is 5.74. The molecule has 4 N–H and O–H groups in total. The van der Waals surface area contributed by atoms with Crippen LogP contribution in [0.4, 0.5) is 0 Å². The predicted molar refractivity (Wildman–Crippen MR) is 113 cm³/mol. The summed E-state index contributed by atoms with van der Waals surface area (Å²) < 4.78 is -1.24. The molecule has 2 saturated heterocycles. The van der Waals surface area contributed by atoms with E-state index in [1.807, 2.05) is 6.07 Å². The lowest BCUT2D eigenvalue weighted by atomic mass is 10.1. The minimum Gasteiger partial charge on any atom is -0.604 e. The number of amides is 3. The molecule has 0 saturated carbocycles. The van der Waals surface area contributed by atoms with Crippen molar-refractivity contribution in [2.75, 3.05) is 19.8 Å². The summed E-state index contributed by atoms with van der Waals surface area (Å²) in [6.45, 7) is -0.426. The fourth-order valence-corrected chi connectivity index (χ4v) is 4.10. The zero-order chi connectivity index (χ0) is 24.0. The number of nitrogens with one attached hydrogen (secondary N) is 3. The molecule has 3 unspecified atom stereocenters. The SMILES string of the molecule is O=C[C@H](CC(=O)O)NC(=O)C1CNCN2C(=O)CCC(NC(=O)Cc3ccccc3)[N+]2([O-])C1. The topological polar surface area (TPSA) is 168 Å². The molecule has 3 rings (SSSR count). The highest BCUT2D eigenvalue weighted by Crippen LogP contribution is 2.29. The fraction of sp³-hybridized carbons (Fsp3) is 0.476. The average molecular weight is 461 g/mol. The molecule has 1 aromatic carbocycles. The van der Waals surface area contributed by atoms with Crippen molar-refractivity contribution in [3.05, 3.63) is 41.1 Å². The number of rotatable bonds is 8. The second-order valence-electron chi connectivity index (χ2n) is 8.17. The van der Waals surface area contributed by atoms with Gasteiger partial charge in [0.25, 0.3) is 5.91 Å². The molecule has 0 radical (unpaired) electrons. The first-order valence-electron chi connectivity index (χ1n) is 10.6. The Hall–Kier alpha value is -3.35. The largest absolute Gasteiger partial charge is 0.604 e. The number of carbonyl (C=O) groups is 5. The molecule has 2 heterocycles. The maximum Gasteiger partial charge on any atom is 0.305 e. The van der Waals surface area contributed by atoms with E-state index in [1.165, 1.54) is 0 Å². The van der Waals surface area contributed by atoms with Gasteiger partial charge in [0, 0.05) is 19.4 Å². The molecule has 12 heteroatoms. The van der Waals surface area contributed by atoms with Gasteiger partial charge >= 0.3 is 5.97 Å². The van der Waals surface area contributed by atoms with Crippen LogP contribution in [-0.2, 0) is 30.4 Å². The van der Waals surface area contributed by atoms with Crippen LogP contribution in [0.5, 0.6) is 0 Å². The van der Waals surface area contributed by atoms with Gasteiger partial charge in [0.05, 0.1) is 18.9 Å². The highest BCUT2D eigenvalue weighted by Gasteiger charge is 2.48. The Labute approximate surface area is 190 Å². The van der Waals surface area contributed by atoms with Gasteiger partial charge < -0.3 is 25.7 Å². The number of hydrogen-bond donors (Lipinski definition) is 4. The Morgan fingerprint density at radius 3 is 2.70 bits per heavy atom. The lowest BCUT2D eigenvalue weighted by Gasteiger charge is -2.55. The first-order chi connectivity index (χ1) is 15.7. The van der Waals surface area contributed by atoms with E-state index in [4.69, 9.17) is 5.11 Å². The molecular weight excluding hydrogens is 434 g/mol. The van der Waals surface area contributed by atoms with Gasteiger partial charge in [-0.25, -0.2) is 4.76 Å². The highest BCUT2D eigenvalue weighted by atomic mass is 16.6. The number of carbonyl (C=O) groups excluding carboxylic acids is 4. The van der Waals surface area contributed by atoms with Crippen LogP contribution in [0.3, 0.4) is 0 Å². The van der Waals surface area contributed by atoms with E-state index in [1.54, 1.807) is 24.3 Å².